The number of anilines is 1. The number of thioether (sulfide) groups is 2. The monoisotopic (exact) mass is 559 g/mol. The summed E-state index contributed by atoms with van der Waals surface area (Å²) in [5, 5.41) is 20.2. The van der Waals surface area contributed by atoms with E-state index < -0.39 is 17.3 Å². The first-order chi connectivity index (χ1) is 19.0. The van der Waals surface area contributed by atoms with Crippen LogP contribution in [-0.4, -0.2) is 54.7 Å². The molecule has 2 heterocycles. The highest BCUT2D eigenvalue weighted by atomic mass is 32.2. The van der Waals surface area contributed by atoms with Crippen LogP contribution in [0.2, 0.25) is 0 Å². The van der Waals surface area contributed by atoms with Gasteiger partial charge in [-0.15, -0.1) is 16.9 Å². The molecule has 2 amide bonds. The van der Waals surface area contributed by atoms with Crippen LogP contribution in [0.4, 0.5) is 5.82 Å². The van der Waals surface area contributed by atoms with Gasteiger partial charge in [0, 0.05) is 39.8 Å². The van der Waals surface area contributed by atoms with E-state index in [0.29, 0.717) is 16.5 Å². The molecule has 1 aliphatic rings. The fourth-order valence-electron chi connectivity index (χ4n) is 4.41. The quantitative estimate of drug-likeness (QED) is 0.195. The van der Waals surface area contributed by atoms with E-state index >= 15 is 0 Å². The number of aromatic hydroxyl groups is 1. The van der Waals surface area contributed by atoms with Gasteiger partial charge in [-0.1, -0.05) is 84.6 Å². The molecular formula is C28H25N5O4S2. The van der Waals surface area contributed by atoms with E-state index in [9.17, 15) is 19.5 Å². The van der Waals surface area contributed by atoms with Gasteiger partial charge in [0.2, 0.25) is 11.0 Å². The molecule has 0 aliphatic carbocycles. The second-order valence-electron chi connectivity index (χ2n) is 8.78. The summed E-state index contributed by atoms with van der Waals surface area (Å²) < 4.78 is 0. The van der Waals surface area contributed by atoms with Crippen molar-refractivity contribution in [3.63, 3.8) is 0 Å². The number of fused-ring (bicyclic) bond motifs is 1. The summed E-state index contributed by atoms with van der Waals surface area (Å²) in [5.74, 6) is 6.18. The standard InChI is InChI=1S/C28H25N5O4S2/c29-33(25-20-11-5-4-10-19(20)16-30-31-25)26(36)22-17-39-27(21-12-6-7-13-23(21)34)32(22)24(35)14-15-38-28(37)18-8-2-1-3-9-18/h1-13,16,22,27,34H,14-15,17,29H2/t22-,27+/m0/s1. The molecule has 2 atom stereocenters. The van der Waals surface area contributed by atoms with Crippen LogP contribution in [0.3, 0.4) is 0 Å². The summed E-state index contributed by atoms with van der Waals surface area (Å²) in [6.07, 6.45) is 1.61. The van der Waals surface area contributed by atoms with Gasteiger partial charge < -0.3 is 10.0 Å². The zero-order valence-electron chi connectivity index (χ0n) is 20.7. The highest BCUT2D eigenvalue weighted by Crippen LogP contribution is 2.45. The number of aromatic nitrogens is 2. The Morgan fingerprint density at radius 3 is 2.54 bits per heavy atom. The van der Waals surface area contributed by atoms with E-state index in [2.05, 4.69) is 10.2 Å². The fraction of sp³-hybridized carbons (Fsp3) is 0.179. The molecule has 1 aromatic heterocycles. The molecule has 1 saturated heterocycles. The van der Waals surface area contributed by atoms with Crippen LogP contribution in [-0.2, 0) is 9.59 Å². The number of nitrogens with zero attached hydrogens (tertiary/aromatic N) is 4. The lowest BCUT2D eigenvalue weighted by Crippen LogP contribution is -2.52. The van der Waals surface area contributed by atoms with Gasteiger partial charge in [-0.2, -0.15) is 5.10 Å². The number of carbonyl (C=O) groups excluding carboxylic acids is 3. The first kappa shape index (κ1) is 26.7. The summed E-state index contributed by atoms with van der Waals surface area (Å²) in [6.45, 7) is 0. The third-order valence-corrected chi connectivity index (χ3v) is 8.56. The predicted molar refractivity (Wildman–Crippen MR) is 153 cm³/mol. The van der Waals surface area contributed by atoms with Gasteiger partial charge >= 0.3 is 0 Å². The third kappa shape index (κ3) is 5.60. The number of hydrazine groups is 1. The molecule has 0 saturated carbocycles. The van der Waals surface area contributed by atoms with Crippen molar-refractivity contribution in [2.75, 3.05) is 16.5 Å². The molecule has 39 heavy (non-hydrogen) atoms. The van der Waals surface area contributed by atoms with E-state index in [0.717, 1.165) is 22.2 Å². The Kier molecular flexibility index (Phi) is 8.10. The summed E-state index contributed by atoms with van der Waals surface area (Å²) in [4.78, 5) is 41.3. The average Bonchev–Trinajstić information content (AvgIpc) is 3.41. The van der Waals surface area contributed by atoms with E-state index in [1.54, 1.807) is 60.8 Å². The summed E-state index contributed by atoms with van der Waals surface area (Å²) in [7, 11) is 0. The number of rotatable bonds is 7. The predicted octanol–water partition coefficient (Wildman–Crippen LogP) is 4.15. The Balaban J connectivity index is 1.39. The van der Waals surface area contributed by atoms with Crippen molar-refractivity contribution in [1.82, 2.24) is 15.1 Å². The molecular weight excluding hydrogens is 534 g/mol. The Morgan fingerprint density at radius 2 is 1.74 bits per heavy atom. The number of benzene rings is 3. The van der Waals surface area contributed by atoms with E-state index in [1.165, 1.54) is 16.7 Å². The number of hydrogen-bond donors (Lipinski definition) is 2. The molecule has 3 aromatic carbocycles. The molecule has 5 rings (SSSR count). The van der Waals surface area contributed by atoms with E-state index in [1.807, 2.05) is 24.3 Å². The zero-order valence-corrected chi connectivity index (χ0v) is 22.3. The highest BCUT2D eigenvalue weighted by molar-refractivity contribution is 8.14. The normalized spacial score (nSPS) is 16.8. The topological polar surface area (TPSA) is 130 Å². The summed E-state index contributed by atoms with van der Waals surface area (Å²) in [6, 6.07) is 22.0. The van der Waals surface area contributed by atoms with Crippen molar-refractivity contribution in [3.05, 3.63) is 96.2 Å². The van der Waals surface area contributed by atoms with Gasteiger partial charge in [-0.25, -0.2) is 10.9 Å². The summed E-state index contributed by atoms with van der Waals surface area (Å²) in [5.41, 5.74) is 1.08. The maximum absolute atomic E-state index is 13.7. The SMILES string of the molecule is NN(C(=O)[C@@H]1CS[C@H](c2ccccc2O)N1C(=O)CCSC(=O)c1ccccc1)c1nncc2ccccc12. The number of phenolic OH excluding ortho intramolecular Hbond substituents is 1. The number of phenols is 1. The summed E-state index contributed by atoms with van der Waals surface area (Å²) >= 11 is 2.42. The lowest BCUT2D eigenvalue weighted by atomic mass is 10.1. The molecule has 1 fully saturated rings. The maximum Gasteiger partial charge on any atom is 0.266 e. The molecule has 0 bridgehead atoms. The lowest BCUT2D eigenvalue weighted by molar-refractivity contribution is -0.138. The van der Waals surface area contributed by atoms with Crippen molar-refractivity contribution >= 4 is 57.0 Å². The van der Waals surface area contributed by atoms with Crippen molar-refractivity contribution in [3.8, 4) is 5.75 Å². The van der Waals surface area contributed by atoms with Gasteiger partial charge in [0.25, 0.3) is 5.91 Å². The van der Waals surface area contributed by atoms with Crippen molar-refractivity contribution in [1.29, 1.82) is 0 Å². The molecule has 11 heteroatoms. The largest absolute Gasteiger partial charge is 0.508 e. The van der Waals surface area contributed by atoms with Gasteiger partial charge in [-0.3, -0.25) is 14.4 Å². The average molecular weight is 560 g/mol. The molecule has 0 spiro atoms. The number of carbonyl (C=O) groups is 3. The van der Waals surface area contributed by atoms with Gasteiger partial charge in [0.1, 0.15) is 17.2 Å². The number of hydrogen-bond acceptors (Lipinski definition) is 9. The van der Waals surface area contributed by atoms with Crippen LogP contribution in [0.1, 0.15) is 27.7 Å². The Bertz CT molecular complexity index is 1520. The second-order valence-corrected chi connectivity index (χ2v) is 11.0. The number of nitrogens with two attached hydrogens (primary N) is 1. The molecule has 9 nitrogen and oxygen atoms in total. The minimum atomic E-state index is -0.910. The van der Waals surface area contributed by atoms with E-state index in [-0.39, 0.29) is 40.5 Å². The zero-order chi connectivity index (χ0) is 27.4. The van der Waals surface area contributed by atoms with Crippen molar-refractivity contribution < 1.29 is 19.5 Å². The van der Waals surface area contributed by atoms with Crippen molar-refractivity contribution in [2.24, 2.45) is 5.84 Å². The van der Waals surface area contributed by atoms with Gasteiger partial charge in [0.05, 0.1) is 6.20 Å². The first-order valence-corrected chi connectivity index (χ1v) is 14.2. The van der Waals surface area contributed by atoms with Crippen molar-refractivity contribution in [2.45, 2.75) is 17.8 Å². The van der Waals surface area contributed by atoms with Gasteiger partial charge in [0.15, 0.2) is 5.82 Å². The minimum absolute atomic E-state index is 0.0241. The second kappa shape index (κ2) is 11.9. The molecule has 0 radical (unpaired) electrons. The Labute approximate surface area is 233 Å². The third-order valence-electron chi connectivity index (χ3n) is 6.35. The minimum Gasteiger partial charge on any atom is -0.508 e. The molecule has 0 unspecified atom stereocenters. The smallest absolute Gasteiger partial charge is 0.266 e. The Morgan fingerprint density at radius 1 is 1.03 bits per heavy atom. The molecule has 1 aliphatic heterocycles. The first-order valence-electron chi connectivity index (χ1n) is 12.2. The van der Waals surface area contributed by atoms with Crippen LogP contribution in [0.5, 0.6) is 5.75 Å². The van der Waals surface area contributed by atoms with Crippen LogP contribution in [0, 0.1) is 0 Å². The molecule has 3 N–H and O–H groups in total. The van der Waals surface area contributed by atoms with Crippen LogP contribution < -0.4 is 10.9 Å². The molecule has 198 valence electrons. The van der Waals surface area contributed by atoms with E-state index in [4.69, 9.17) is 5.84 Å². The fourth-order valence-corrected chi connectivity index (χ4v) is 6.65. The number of para-hydroxylation sites is 1. The van der Waals surface area contributed by atoms with Crippen LogP contribution >= 0.6 is 23.5 Å². The van der Waals surface area contributed by atoms with Crippen LogP contribution in [0.25, 0.3) is 10.8 Å². The number of amides is 2. The van der Waals surface area contributed by atoms with Crippen LogP contribution in [0.15, 0.2) is 85.1 Å². The lowest BCUT2D eigenvalue weighted by Gasteiger charge is -2.31. The van der Waals surface area contributed by atoms with Gasteiger partial charge in [-0.05, 0) is 6.07 Å². The maximum atomic E-state index is 13.7. The molecule has 4 aromatic rings. The highest BCUT2D eigenvalue weighted by Gasteiger charge is 2.44. The Hall–Kier alpha value is -3.93.